The molecule has 0 fully saturated rings. The lowest BCUT2D eigenvalue weighted by Gasteiger charge is -1.96. The highest BCUT2D eigenvalue weighted by Gasteiger charge is 1.99. The van der Waals surface area contributed by atoms with Gasteiger partial charge in [0.25, 0.3) is 0 Å². The highest BCUT2D eigenvalue weighted by atomic mass is 16.3. The van der Waals surface area contributed by atoms with Crippen LogP contribution in [0.15, 0.2) is 28.4 Å². The van der Waals surface area contributed by atoms with E-state index in [2.05, 4.69) is 10.2 Å². The summed E-state index contributed by atoms with van der Waals surface area (Å²) in [6.07, 6.45) is 0.756. The molecule has 0 aromatic heterocycles. The van der Waals surface area contributed by atoms with Crippen LogP contribution in [0.2, 0.25) is 0 Å². The second-order valence-electron chi connectivity index (χ2n) is 2.02. The zero-order valence-electron chi connectivity index (χ0n) is 6.10. The maximum atomic E-state index is 9.13. The molecule has 5 nitrogen and oxygen atoms in total. The first kappa shape index (κ1) is 8.19. The Hall–Kier alpha value is -1.91. The van der Waals surface area contributed by atoms with Crippen molar-refractivity contribution in [3.05, 3.63) is 18.2 Å². The van der Waals surface area contributed by atoms with Gasteiger partial charge in [-0.25, -0.2) is 0 Å². The van der Waals surface area contributed by atoms with Gasteiger partial charge in [-0.05, 0) is 12.1 Å². The lowest BCUT2D eigenvalue weighted by atomic mass is 10.3. The summed E-state index contributed by atoms with van der Waals surface area (Å²) in [5, 5.41) is 31.3. The van der Waals surface area contributed by atoms with Crippen molar-refractivity contribution in [3.8, 4) is 11.5 Å². The molecule has 0 atom stereocenters. The summed E-state index contributed by atoms with van der Waals surface area (Å²) in [6.45, 7) is 0. The number of rotatable bonds is 2. The molecule has 0 bridgehead atoms. The zero-order valence-corrected chi connectivity index (χ0v) is 6.10. The molecule has 62 valence electrons. The number of azo groups is 1. The number of hydrogen-bond acceptors (Lipinski definition) is 4. The average molecular weight is 165 g/mol. The molecule has 1 rings (SSSR count). The first-order valence-corrected chi connectivity index (χ1v) is 3.16. The van der Waals surface area contributed by atoms with Crippen molar-refractivity contribution in [1.82, 2.24) is 0 Å². The number of hydrogen-bond donors (Lipinski definition) is 3. The van der Waals surface area contributed by atoms with Gasteiger partial charge in [0, 0.05) is 6.07 Å². The average Bonchev–Trinajstić information content (AvgIpc) is 2.03. The summed E-state index contributed by atoms with van der Waals surface area (Å²) >= 11 is 0. The fraction of sp³-hybridized carbons (Fsp3) is 0. The maximum absolute atomic E-state index is 9.13. The molecule has 0 aliphatic heterocycles. The van der Waals surface area contributed by atoms with E-state index in [1.54, 1.807) is 0 Å². The van der Waals surface area contributed by atoms with Gasteiger partial charge in [0.05, 0.1) is 0 Å². The third-order valence-corrected chi connectivity index (χ3v) is 1.18. The topological polar surface area (TPSA) is 89.0 Å². The lowest BCUT2D eigenvalue weighted by molar-refractivity contribution is 0.451. The van der Waals surface area contributed by atoms with Crippen LogP contribution in [-0.4, -0.2) is 16.6 Å². The van der Waals surface area contributed by atoms with Crippen LogP contribution in [0.4, 0.5) is 5.69 Å². The van der Waals surface area contributed by atoms with E-state index < -0.39 is 0 Å². The van der Waals surface area contributed by atoms with Gasteiger partial charge in [0.15, 0.2) is 0 Å². The molecule has 0 amide bonds. The second-order valence-corrected chi connectivity index (χ2v) is 2.02. The Balaban J connectivity index is 3.01. The van der Waals surface area contributed by atoms with Gasteiger partial charge < -0.3 is 10.2 Å². The van der Waals surface area contributed by atoms with Crippen molar-refractivity contribution in [3.63, 3.8) is 0 Å². The predicted molar refractivity (Wildman–Crippen MR) is 43.1 cm³/mol. The maximum Gasteiger partial charge on any atom is 0.146 e. The fourth-order valence-electron chi connectivity index (χ4n) is 0.687. The quantitative estimate of drug-likeness (QED) is 0.354. The third kappa shape index (κ3) is 1.79. The number of phenolic OH excluding ortho intramolecular Hbond substituents is 2. The molecule has 1 aromatic carbocycles. The molecule has 0 saturated heterocycles. The van der Waals surface area contributed by atoms with Gasteiger partial charge in [0.1, 0.15) is 23.5 Å². The number of nitrogens with one attached hydrogen (secondary N) is 1. The Labute approximate surface area is 68.5 Å². The lowest BCUT2D eigenvalue weighted by Crippen LogP contribution is -1.68. The Morgan fingerprint density at radius 1 is 1.33 bits per heavy atom. The minimum absolute atomic E-state index is 0.0405. The van der Waals surface area contributed by atoms with Crippen molar-refractivity contribution in [2.75, 3.05) is 0 Å². The molecule has 3 N–H and O–H groups in total. The summed E-state index contributed by atoms with van der Waals surface area (Å²) in [6, 6.07) is 3.92. The van der Waals surface area contributed by atoms with Gasteiger partial charge in [-0.15, -0.1) is 10.2 Å². The molecule has 12 heavy (non-hydrogen) atoms. The van der Waals surface area contributed by atoms with Crippen LogP contribution in [0.1, 0.15) is 0 Å². The van der Waals surface area contributed by atoms with Crippen molar-refractivity contribution in [1.29, 1.82) is 5.41 Å². The summed E-state index contributed by atoms with van der Waals surface area (Å²) in [4.78, 5) is 0. The van der Waals surface area contributed by atoms with Crippen LogP contribution in [0.25, 0.3) is 0 Å². The van der Waals surface area contributed by atoms with Gasteiger partial charge in [-0.1, -0.05) is 0 Å². The van der Waals surface area contributed by atoms with Crippen LogP contribution >= 0.6 is 0 Å². The van der Waals surface area contributed by atoms with Crippen LogP contribution in [0.3, 0.4) is 0 Å². The number of benzene rings is 1. The number of phenols is 2. The molecular formula is C7H7N3O2. The van der Waals surface area contributed by atoms with Crippen molar-refractivity contribution in [2.24, 2.45) is 10.2 Å². The molecule has 0 aliphatic rings. The van der Waals surface area contributed by atoms with E-state index in [0.717, 1.165) is 12.4 Å². The van der Waals surface area contributed by atoms with Crippen molar-refractivity contribution >= 4 is 12.0 Å². The van der Waals surface area contributed by atoms with E-state index in [9.17, 15) is 0 Å². The molecule has 1 aromatic rings. The van der Waals surface area contributed by atoms with Gasteiger partial charge in [0.2, 0.25) is 0 Å². The molecular weight excluding hydrogens is 158 g/mol. The molecule has 0 unspecified atom stereocenters. The predicted octanol–water partition coefficient (Wildman–Crippen LogP) is 1.79. The van der Waals surface area contributed by atoms with Crippen LogP contribution < -0.4 is 0 Å². The fourth-order valence-corrected chi connectivity index (χ4v) is 0.687. The second kappa shape index (κ2) is 3.47. The van der Waals surface area contributed by atoms with Crippen LogP contribution in [-0.2, 0) is 0 Å². The van der Waals surface area contributed by atoms with E-state index in [0.29, 0.717) is 0 Å². The molecule has 0 heterocycles. The molecule has 0 radical (unpaired) electrons. The van der Waals surface area contributed by atoms with Crippen molar-refractivity contribution < 1.29 is 10.2 Å². The smallest absolute Gasteiger partial charge is 0.146 e. The monoisotopic (exact) mass is 165 g/mol. The molecule has 0 aliphatic carbocycles. The summed E-state index contributed by atoms with van der Waals surface area (Å²) in [7, 11) is 0. The Morgan fingerprint density at radius 3 is 2.67 bits per heavy atom. The molecule has 0 spiro atoms. The third-order valence-electron chi connectivity index (χ3n) is 1.18. The van der Waals surface area contributed by atoms with E-state index in [4.69, 9.17) is 15.6 Å². The zero-order chi connectivity index (χ0) is 8.97. The summed E-state index contributed by atoms with van der Waals surface area (Å²) < 4.78 is 0. The van der Waals surface area contributed by atoms with Gasteiger partial charge in [-0.3, -0.25) is 5.41 Å². The van der Waals surface area contributed by atoms with Gasteiger partial charge >= 0.3 is 0 Å². The SMILES string of the molecule is N=CN=Nc1ccc(O)cc1O. The van der Waals surface area contributed by atoms with E-state index in [1.165, 1.54) is 12.1 Å². The summed E-state index contributed by atoms with van der Waals surface area (Å²) in [5.74, 6) is -0.207. The van der Waals surface area contributed by atoms with E-state index >= 15 is 0 Å². The highest BCUT2D eigenvalue weighted by molar-refractivity contribution is 5.56. The Morgan fingerprint density at radius 2 is 2.08 bits per heavy atom. The molecule has 0 saturated carbocycles. The minimum Gasteiger partial charge on any atom is -0.508 e. The standard InChI is InChI=1S/C7H7N3O2/c8-4-9-10-6-2-1-5(11)3-7(6)12/h1-4,8,11-12H. The largest absolute Gasteiger partial charge is 0.508 e. The van der Waals surface area contributed by atoms with Crippen LogP contribution in [0.5, 0.6) is 11.5 Å². The minimum atomic E-state index is -0.166. The Bertz CT molecular complexity index is 322. The van der Waals surface area contributed by atoms with Gasteiger partial charge in [-0.2, -0.15) is 0 Å². The summed E-state index contributed by atoms with van der Waals surface area (Å²) in [5.41, 5.74) is 0.219. The first-order chi connectivity index (χ1) is 5.74. The highest BCUT2D eigenvalue weighted by Crippen LogP contribution is 2.29. The van der Waals surface area contributed by atoms with E-state index in [1.807, 2.05) is 0 Å². The first-order valence-electron chi connectivity index (χ1n) is 3.16. The normalized spacial score (nSPS) is 10.3. The van der Waals surface area contributed by atoms with Crippen molar-refractivity contribution in [2.45, 2.75) is 0 Å². The number of aromatic hydroxyl groups is 2. The Kier molecular flexibility index (Phi) is 2.37. The van der Waals surface area contributed by atoms with Crippen LogP contribution in [0, 0.1) is 5.41 Å². The number of nitrogens with zero attached hydrogens (tertiary/aromatic N) is 2. The molecule has 5 heteroatoms. The van der Waals surface area contributed by atoms with E-state index in [-0.39, 0.29) is 17.2 Å².